The molecule has 0 aliphatic carbocycles. The molecule has 5 nitrogen and oxygen atoms in total. The van der Waals surface area contributed by atoms with E-state index in [4.69, 9.17) is 0 Å². The van der Waals surface area contributed by atoms with Crippen molar-refractivity contribution in [2.24, 2.45) is 0 Å². The number of nitrogens with one attached hydrogen (secondary N) is 1. The summed E-state index contributed by atoms with van der Waals surface area (Å²) in [6.07, 6.45) is -1.09. The van der Waals surface area contributed by atoms with Gasteiger partial charge in [0, 0.05) is 25.2 Å². The molecule has 2 aromatic rings. The van der Waals surface area contributed by atoms with Gasteiger partial charge in [-0.15, -0.1) is 0 Å². The van der Waals surface area contributed by atoms with E-state index in [1.807, 2.05) is 17.7 Å². The van der Waals surface area contributed by atoms with Crippen LogP contribution in [0.2, 0.25) is 0 Å². The number of aryl methyl sites for hydroxylation is 3. The first-order chi connectivity index (χ1) is 11.2. The Bertz CT molecular complexity index is 782. The number of carbonyl (C=O) groups excluding carboxylic acids is 1. The lowest BCUT2D eigenvalue weighted by atomic mass is 10.1. The van der Waals surface area contributed by atoms with Gasteiger partial charge < -0.3 is 9.88 Å². The predicted molar refractivity (Wildman–Crippen MR) is 80.5 cm³/mol. The van der Waals surface area contributed by atoms with Gasteiger partial charge in [-0.05, 0) is 32.4 Å². The number of alkyl halides is 3. The molecule has 2 aromatic heterocycles. The number of amides is 1. The van der Waals surface area contributed by atoms with Gasteiger partial charge in [-0.3, -0.25) is 4.79 Å². The van der Waals surface area contributed by atoms with Crippen LogP contribution in [0.4, 0.5) is 13.2 Å². The van der Waals surface area contributed by atoms with Crippen molar-refractivity contribution in [3.63, 3.8) is 0 Å². The average Bonchev–Trinajstić information content (AvgIpc) is 2.85. The van der Waals surface area contributed by atoms with Crippen molar-refractivity contribution in [1.82, 2.24) is 19.9 Å². The van der Waals surface area contributed by atoms with Crippen molar-refractivity contribution in [1.29, 1.82) is 0 Å². The Morgan fingerprint density at radius 1 is 1.29 bits per heavy atom. The second-order valence-corrected chi connectivity index (χ2v) is 5.99. The largest absolute Gasteiger partial charge is 0.433 e. The minimum Gasteiger partial charge on any atom is -0.347 e. The zero-order valence-corrected chi connectivity index (χ0v) is 13.3. The highest BCUT2D eigenvalue weighted by molar-refractivity contribution is 5.95. The first kappa shape index (κ1) is 16.5. The number of hydrogen-bond acceptors (Lipinski definition) is 3. The maximum absolute atomic E-state index is 12.6. The van der Waals surface area contributed by atoms with Gasteiger partial charge in [0.05, 0.1) is 17.0 Å². The molecular weight excluding hydrogens is 321 g/mol. The maximum atomic E-state index is 12.6. The molecule has 1 N–H and O–H groups in total. The molecular formula is C16H17F3N4O. The number of halogens is 3. The van der Waals surface area contributed by atoms with Crippen LogP contribution in [0.3, 0.4) is 0 Å². The third-order valence-corrected chi connectivity index (χ3v) is 4.07. The van der Waals surface area contributed by atoms with Crippen molar-refractivity contribution in [3.05, 3.63) is 46.8 Å². The van der Waals surface area contributed by atoms with Crippen molar-refractivity contribution < 1.29 is 18.0 Å². The van der Waals surface area contributed by atoms with Crippen molar-refractivity contribution >= 4 is 5.91 Å². The molecule has 0 fully saturated rings. The molecule has 0 saturated heterocycles. The average molecular weight is 338 g/mol. The van der Waals surface area contributed by atoms with Gasteiger partial charge in [-0.2, -0.15) is 13.2 Å². The van der Waals surface area contributed by atoms with Crippen LogP contribution in [-0.4, -0.2) is 26.5 Å². The zero-order valence-electron chi connectivity index (χ0n) is 13.3. The van der Waals surface area contributed by atoms with E-state index in [1.54, 1.807) is 0 Å². The van der Waals surface area contributed by atoms with Gasteiger partial charge in [0.25, 0.3) is 5.91 Å². The van der Waals surface area contributed by atoms with Gasteiger partial charge in [0.15, 0.2) is 0 Å². The standard InChI is InChI=1S/C16H17F3N4O/c1-9-7-23-8-11(3-6-14(23)20-9)22-15(24)12-4-5-13(16(17,18)19)21-10(12)2/h4-5,7,11H,3,6,8H2,1-2H3,(H,22,24)/t11-/m0/s1. The summed E-state index contributed by atoms with van der Waals surface area (Å²) in [5.74, 6) is 0.587. The van der Waals surface area contributed by atoms with Crippen LogP contribution in [0.15, 0.2) is 18.3 Å². The van der Waals surface area contributed by atoms with Gasteiger partial charge in [0.1, 0.15) is 11.5 Å². The number of carbonyl (C=O) groups is 1. The van der Waals surface area contributed by atoms with Crippen LogP contribution in [0.1, 0.15) is 39.7 Å². The molecule has 0 aromatic carbocycles. The van der Waals surface area contributed by atoms with Crippen LogP contribution in [-0.2, 0) is 19.1 Å². The molecule has 0 spiro atoms. The fraction of sp³-hybridized carbons (Fsp3) is 0.438. The zero-order chi connectivity index (χ0) is 17.5. The SMILES string of the molecule is Cc1cn2c(n1)CC[C@H](NC(=O)c1ccc(C(F)(F)F)nc1C)C2. The van der Waals surface area contributed by atoms with Crippen molar-refractivity contribution in [2.75, 3.05) is 0 Å². The fourth-order valence-electron chi connectivity index (χ4n) is 2.93. The van der Waals surface area contributed by atoms with E-state index in [1.165, 1.54) is 13.0 Å². The number of pyridine rings is 1. The van der Waals surface area contributed by atoms with Crippen LogP contribution < -0.4 is 5.32 Å². The van der Waals surface area contributed by atoms with Crippen LogP contribution in [0.25, 0.3) is 0 Å². The summed E-state index contributed by atoms with van der Waals surface area (Å²) in [5, 5.41) is 2.88. The summed E-state index contributed by atoms with van der Waals surface area (Å²) in [4.78, 5) is 20.3. The molecule has 0 bridgehead atoms. The molecule has 0 saturated carbocycles. The third-order valence-electron chi connectivity index (χ3n) is 4.07. The molecule has 1 atom stereocenters. The Hall–Kier alpha value is -2.38. The van der Waals surface area contributed by atoms with Gasteiger partial charge in [0.2, 0.25) is 0 Å². The summed E-state index contributed by atoms with van der Waals surface area (Å²) in [5.41, 5.74) is 0.167. The van der Waals surface area contributed by atoms with Crippen LogP contribution >= 0.6 is 0 Å². The van der Waals surface area contributed by atoms with E-state index in [0.717, 1.165) is 30.4 Å². The lowest BCUT2D eigenvalue weighted by Gasteiger charge is -2.25. The number of rotatable bonds is 2. The number of fused-ring (bicyclic) bond motifs is 1. The topological polar surface area (TPSA) is 59.8 Å². The summed E-state index contributed by atoms with van der Waals surface area (Å²) >= 11 is 0. The molecule has 3 heterocycles. The van der Waals surface area contributed by atoms with E-state index in [2.05, 4.69) is 15.3 Å². The smallest absolute Gasteiger partial charge is 0.347 e. The van der Waals surface area contributed by atoms with Gasteiger partial charge in [-0.1, -0.05) is 0 Å². The number of hydrogen-bond donors (Lipinski definition) is 1. The number of nitrogens with zero attached hydrogens (tertiary/aromatic N) is 3. The summed E-state index contributed by atoms with van der Waals surface area (Å²) in [6.45, 7) is 3.92. The minimum atomic E-state index is -4.52. The molecule has 8 heteroatoms. The maximum Gasteiger partial charge on any atom is 0.433 e. The fourth-order valence-corrected chi connectivity index (χ4v) is 2.93. The Kier molecular flexibility index (Phi) is 4.06. The Labute approximate surface area is 136 Å². The van der Waals surface area contributed by atoms with Gasteiger partial charge in [-0.25, -0.2) is 9.97 Å². The Morgan fingerprint density at radius 2 is 2.04 bits per heavy atom. The summed E-state index contributed by atoms with van der Waals surface area (Å²) in [7, 11) is 0. The first-order valence-electron chi connectivity index (χ1n) is 7.62. The van der Waals surface area contributed by atoms with E-state index in [0.29, 0.717) is 6.54 Å². The first-order valence-corrected chi connectivity index (χ1v) is 7.62. The molecule has 128 valence electrons. The second-order valence-electron chi connectivity index (χ2n) is 5.99. The van der Waals surface area contributed by atoms with E-state index < -0.39 is 17.8 Å². The predicted octanol–water partition coefficient (Wildman–Crippen LogP) is 2.66. The molecule has 24 heavy (non-hydrogen) atoms. The van der Waals surface area contributed by atoms with Gasteiger partial charge >= 0.3 is 6.18 Å². The molecule has 1 aliphatic heterocycles. The van der Waals surface area contributed by atoms with Crippen LogP contribution in [0.5, 0.6) is 0 Å². The number of aromatic nitrogens is 3. The summed E-state index contributed by atoms with van der Waals surface area (Å²) in [6, 6.07) is 1.93. The highest BCUT2D eigenvalue weighted by Crippen LogP contribution is 2.28. The van der Waals surface area contributed by atoms with Crippen molar-refractivity contribution in [3.8, 4) is 0 Å². The van der Waals surface area contributed by atoms with E-state index in [9.17, 15) is 18.0 Å². The van der Waals surface area contributed by atoms with E-state index in [-0.39, 0.29) is 17.3 Å². The Balaban J connectivity index is 1.72. The monoisotopic (exact) mass is 338 g/mol. The summed E-state index contributed by atoms with van der Waals surface area (Å²) < 4.78 is 39.9. The van der Waals surface area contributed by atoms with E-state index >= 15 is 0 Å². The molecule has 1 amide bonds. The highest BCUT2D eigenvalue weighted by atomic mass is 19.4. The molecule has 1 aliphatic rings. The highest BCUT2D eigenvalue weighted by Gasteiger charge is 2.33. The number of imidazole rings is 1. The lowest BCUT2D eigenvalue weighted by Crippen LogP contribution is -2.41. The molecule has 0 unspecified atom stereocenters. The second kappa shape index (κ2) is 5.92. The van der Waals surface area contributed by atoms with Crippen LogP contribution in [0, 0.1) is 13.8 Å². The Morgan fingerprint density at radius 3 is 2.71 bits per heavy atom. The minimum absolute atomic E-state index is 0.0669. The third kappa shape index (κ3) is 3.27. The quantitative estimate of drug-likeness (QED) is 0.916. The molecule has 3 rings (SSSR count). The normalized spacial score (nSPS) is 17.5. The molecule has 0 radical (unpaired) electrons. The van der Waals surface area contributed by atoms with Crippen molar-refractivity contribution in [2.45, 2.75) is 45.5 Å². The lowest BCUT2D eigenvalue weighted by molar-refractivity contribution is -0.141.